The number of amides is 1. The average molecular weight is 473 g/mol. The number of aromatic nitrogens is 1. The van der Waals surface area contributed by atoms with Gasteiger partial charge in [-0.2, -0.15) is 13.2 Å². The molecule has 12 heteroatoms. The third-order valence-electron chi connectivity index (χ3n) is 4.72. The molecule has 0 unspecified atom stereocenters. The predicted molar refractivity (Wildman–Crippen MR) is 108 cm³/mol. The van der Waals surface area contributed by atoms with E-state index >= 15 is 0 Å². The van der Waals surface area contributed by atoms with Gasteiger partial charge in [0.2, 0.25) is 10.0 Å². The van der Waals surface area contributed by atoms with Gasteiger partial charge in [-0.15, -0.1) is 0 Å². The number of anilines is 1. The van der Waals surface area contributed by atoms with Crippen LogP contribution in [-0.4, -0.2) is 25.6 Å². The van der Waals surface area contributed by atoms with Crippen molar-refractivity contribution in [1.82, 2.24) is 4.98 Å². The first-order valence-electron chi connectivity index (χ1n) is 8.96. The van der Waals surface area contributed by atoms with Crippen LogP contribution in [0.15, 0.2) is 36.4 Å². The van der Waals surface area contributed by atoms with Crippen LogP contribution in [0.3, 0.4) is 0 Å². The van der Waals surface area contributed by atoms with Gasteiger partial charge in [0.25, 0.3) is 5.91 Å². The van der Waals surface area contributed by atoms with Gasteiger partial charge >= 0.3 is 6.18 Å². The molecule has 0 spiro atoms. The molecule has 0 bridgehead atoms. The first-order chi connectivity index (χ1) is 14.7. The summed E-state index contributed by atoms with van der Waals surface area (Å²) in [6.45, 7) is 1.45. The summed E-state index contributed by atoms with van der Waals surface area (Å²) in [5.41, 5.74) is 3.38. The Bertz CT molecular complexity index is 1320. The van der Waals surface area contributed by atoms with Crippen LogP contribution in [0.4, 0.5) is 27.6 Å². The molecule has 2 aromatic carbocycles. The zero-order valence-corrected chi connectivity index (χ0v) is 17.4. The van der Waals surface area contributed by atoms with E-state index in [0.29, 0.717) is 0 Å². The number of nitrogens with zero attached hydrogens (tertiary/aromatic N) is 1. The standard InChI is InChI=1S/C20H16F5N3O3S/c1-9(10-7-14(21)18(15(22)8-10)28-32(2,30)31)13-6-11-5-12(20(23,24)25)3-4-16(11)27-17(13)19(26)29/h3-9,28H,1-2H3,(H2,26,29)/t9-/m1/s1. The summed E-state index contributed by atoms with van der Waals surface area (Å²) < 4.78 is 92.4. The maximum Gasteiger partial charge on any atom is 0.416 e. The minimum atomic E-state index is -4.61. The molecule has 1 aromatic heterocycles. The number of carbonyl (C=O) groups is 1. The van der Waals surface area contributed by atoms with Crippen LogP contribution in [0.5, 0.6) is 0 Å². The predicted octanol–water partition coefficient (Wildman–Crippen LogP) is 4.15. The second-order valence-corrected chi connectivity index (χ2v) is 8.90. The number of primary amides is 1. The molecule has 0 aliphatic rings. The Kier molecular flexibility index (Phi) is 5.85. The van der Waals surface area contributed by atoms with Crippen molar-refractivity contribution >= 4 is 32.5 Å². The SMILES string of the molecule is C[C@H](c1cc(F)c(NS(C)(=O)=O)c(F)c1)c1cc2cc(C(F)(F)F)ccc2nc1C(N)=O. The van der Waals surface area contributed by atoms with Crippen LogP contribution >= 0.6 is 0 Å². The van der Waals surface area contributed by atoms with E-state index in [4.69, 9.17) is 5.73 Å². The van der Waals surface area contributed by atoms with Gasteiger partial charge in [0.05, 0.1) is 17.3 Å². The molecule has 3 rings (SSSR count). The molecule has 1 heterocycles. The zero-order chi connectivity index (χ0) is 24.0. The summed E-state index contributed by atoms with van der Waals surface area (Å²) in [5, 5.41) is 0.0444. The first-order valence-corrected chi connectivity index (χ1v) is 10.8. The van der Waals surface area contributed by atoms with Gasteiger partial charge < -0.3 is 5.73 Å². The van der Waals surface area contributed by atoms with Gasteiger partial charge in [0.15, 0.2) is 11.6 Å². The van der Waals surface area contributed by atoms with E-state index in [1.807, 2.05) is 0 Å². The molecule has 0 aliphatic heterocycles. The zero-order valence-electron chi connectivity index (χ0n) is 16.6. The normalized spacial score (nSPS) is 13.2. The van der Waals surface area contributed by atoms with Crippen LogP contribution in [0.1, 0.15) is 40.0 Å². The molecule has 32 heavy (non-hydrogen) atoms. The topological polar surface area (TPSA) is 102 Å². The number of carbonyl (C=O) groups excluding carboxylic acids is 1. The summed E-state index contributed by atoms with van der Waals surface area (Å²) in [4.78, 5) is 16.0. The van der Waals surface area contributed by atoms with E-state index in [-0.39, 0.29) is 27.7 Å². The fraction of sp³-hybridized carbons (Fsp3) is 0.200. The number of nitrogens with one attached hydrogen (secondary N) is 1. The molecular formula is C20H16F5N3O3S. The van der Waals surface area contributed by atoms with Crippen molar-refractivity contribution in [3.63, 3.8) is 0 Å². The molecule has 3 aromatic rings. The Morgan fingerprint density at radius 2 is 1.69 bits per heavy atom. The van der Waals surface area contributed by atoms with Crippen molar-refractivity contribution in [3.8, 4) is 0 Å². The molecule has 1 amide bonds. The molecule has 170 valence electrons. The highest BCUT2D eigenvalue weighted by atomic mass is 32.2. The Labute approximate surface area is 179 Å². The van der Waals surface area contributed by atoms with Gasteiger partial charge in [-0.25, -0.2) is 22.2 Å². The average Bonchev–Trinajstić information content (AvgIpc) is 2.67. The lowest BCUT2D eigenvalue weighted by atomic mass is 9.90. The first kappa shape index (κ1) is 23.4. The summed E-state index contributed by atoms with van der Waals surface area (Å²) in [6, 6.07) is 5.68. The minimum absolute atomic E-state index is 0.0188. The number of alkyl halides is 3. The van der Waals surface area contributed by atoms with Crippen molar-refractivity contribution in [2.75, 3.05) is 11.0 Å². The molecular weight excluding hydrogens is 457 g/mol. The van der Waals surface area contributed by atoms with Gasteiger partial charge in [-0.05, 0) is 47.5 Å². The van der Waals surface area contributed by atoms with Crippen LogP contribution in [0.2, 0.25) is 0 Å². The minimum Gasteiger partial charge on any atom is -0.364 e. The Morgan fingerprint density at radius 3 is 2.19 bits per heavy atom. The molecule has 0 fully saturated rings. The lowest BCUT2D eigenvalue weighted by molar-refractivity contribution is -0.137. The number of sulfonamides is 1. The number of hydrogen-bond acceptors (Lipinski definition) is 4. The highest BCUT2D eigenvalue weighted by molar-refractivity contribution is 7.92. The molecule has 0 saturated carbocycles. The number of fused-ring (bicyclic) bond motifs is 1. The molecule has 6 nitrogen and oxygen atoms in total. The molecule has 3 N–H and O–H groups in total. The number of benzene rings is 2. The maximum absolute atomic E-state index is 14.4. The van der Waals surface area contributed by atoms with E-state index in [9.17, 15) is 35.2 Å². The van der Waals surface area contributed by atoms with E-state index in [2.05, 4.69) is 4.98 Å². The lowest BCUT2D eigenvalue weighted by Gasteiger charge is -2.18. The highest BCUT2D eigenvalue weighted by Crippen LogP contribution is 2.35. The van der Waals surface area contributed by atoms with E-state index in [1.165, 1.54) is 13.0 Å². The number of pyridine rings is 1. The van der Waals surface area contributed by atoms with Crippen molar-refractivity contribution in [3.05, 3.63) is 70.4 Å². The highest BCUT2D eigenvalue weighted by Gasteiger charge is 2.31. The quantitative estimate of drug-likeness (QED) is 0.544. The second-order valence-electron chi connectivity index (χ2n) is 7.15. The Balaban J connectivity index is 2.16. The Morgan fingerprint density at radius 1 is 1.09 bits per heavy atom. The summed E-state index contributed by atoms with van der Waals surface area (Å²) in [7, 11) is -3.96. The number of halogens is 5. The monoisotopic (exact) mass is 473 g/mol. The third kappa shape index (κ3) is 4.79. The number of rotatable bonds is 5. The van der Waals surface area contributed by atoms with Gasteiger partial charge in [-0.3, -0.25) is 9.52 Å². The Hall–Kier alpha value is -3.28. The maximum atomic E-state index is 14.4. The van der Waals surface area contributed by atoms with E-state index in [1.54, 1.807) is 4.72 Å². The number of nitrogens with two attached hydrogens (primary N) is 1. The van der Waals surface area contributed by atoms with Crippen LogP contribution in [0, 0.1) is 11.6 Å². The summed E-state index contributed by atoms with van der Waals surface area (Å²) in [6.07, 6.45) is -3.89. The second kappa shape index (κ2) is 8.01. The summed E-state index contributed by atoms with van der Waals surface area (Å²) >= 11 is 0. The van der Waals surface area contributed by atoms with Gasteiger partial charge in [-0.1, -0.05) is 6.92 Å². The molecule has 0 radical (unpaired) electrons. The molecule has 1 atom stereocenters. The number of hydrogen-bond donors (Lipinski definition) is 2. The van der Waals surface area contributed by atoms with Crippen molar-refractivity contribution in [1.29, 1.82) is 0 Å². The lowest BCUT2D eigenvalue weighted by Crippen LogP contribution is -2.18. The smallest absolute Gasteiger partial charge is 0.364 e. The van der Waals surface area contributed by atoms with E-state index in [0.717, 1.165) is 36.6 Å². The van der Waals surface area contributed by atoms with Crippen LogP contribution in [0.25, 0.3) is 10.9 Å². The largest absolute Gasteiger partial charge is 0.416 e. The van der Waals surface area contributed by atoms with Crippen molar-refractivity contribution < 1.29 is 35.2 Å². The van der Waals surface area contributed by atoms with Crippen molar-refractivity contribution in [2.24, 2.45) is 5.73 Å². The van der Waals surface area contributed by atoms with Crippen molar-refractivity contribution in [2.45, 2.75) is 19.0 Å². The van der Waals surface area contributed by atoms with E-state index < -0.39 is 50.9 Å². The fourth-order valence-corrected chi connectivity index (χ4v) is 3.77. The molecule has 0 aliphatic carbocycles. The van der Waals surface area contributed by atoms with Gasteiger partial charge in [0, 0.05) is 11.3 Å². The summed E-state index contributed by atoms with van der Waals surface area (Å²) in [5.74, 6) is -4.35. The van der Waals surface area contributed by atoms with Gasteiger partial charge in [0.1, 0.15) is 11.4 Å². The fourth-order valence-electron chi connectivity index (χ4n) is 3.20. The van der Waals surface area contributed by atoms with Crippen LogP contribution in [-0.2, 0) is 16.2 Å². The van der Waals surface area contributed by atoms with Crippen LogP contribution < -0.4 is 10.5 Å². The molecule has 0 saturated heterocycles. The third-order valence-corrected chi connectivity index (χ3v) is 5.30.